The maximum absolute atomic E-state index is 8.40. The molecule has 0 heterocycles. The van der Waals surface area contributed by atoms with E-state index in [0.29, 0.717) is 85.9 Å². The molecule has 0 bridgehead atoms. The summed E-state index contributed by atoms with van der Waals surface area (Å²) in [6, 6.07) is 9.43. The third-order valence-electron chi connectivity index (χ3n) is 5.43. The highest BCUT2D eigenvalue weighted by atomic mass is 16.5. The molecular weight excluding hydrogens is 668 g/mol. The zero-order valence-corrected chi connectivity index (χ0v) is 32.4. The average molecular weight is 745 g/mol. The van der Waals surface area contributed by atoms with E-state index in [4.69, 9.17) is 68.2 Å². The van der Waals surface area contributed by atoms with Gasteiger partial charge in [0.15, 0.2) is 0 Å². The molecule has 0 radical (unpaired) electrons. The smallest absolute Gasteiger partial charge is 0.119 e. The van der Waals surface area contributed by atoms with E-state index in [1.807, 2.05) is 51.1 Å². The molecule has 51 heavy (non-hydrogen) atoms. The second kappa shape index (κ2) is 60.6. The monoisotopic (exact) mass is 745 g/mol. The van der Waals surface area contributed by atoms with Gasteiger partial charge in [-0.3, -0.25) is 0 Å². The number of rotatable bonds is 32. The molecule has 0 atom stereocenters. The Kier molecular flexibility index (Phi) is 66.8. The van der Waals surface area contributed by atoms with Crippen molar-refractivity contribution in [2.75, 3.05) is 145 Å². The summed E-state index contributed by atoms with van der Waals surface area (Å²) in [7, 11) is 0. The molecule has 0 saturated heterocycles. The van der Waals surface area contributed by atoms with E-state index >= 15 is 0 Å². The maximum atomic E-state index is 8.40. The van der Waals surface area contributed by atoms with Crippen LogP contribution >= 0.6 is 0 Å². The van der Waals surface area contributed by atoms with E-state index < -0.39 is 0 Å². The Labute approximate surface area is 309 Å². The van der Waals surface area contributed by atoms with Crippen LogP contribution in [0.25, 0.3) is 0 Å². The van der Waals surface area contributed by atoms with Crippen LogP contribution in [0.5, 0.6) is 5.75 Å². The highest BCUT2D eigenvalue weighted by Crippen LogP contribution is 2.07. The molecule has 14 heteroatoms. The molecule has 14 nitrogen and oxygen atoms in total. The van der Waals surface area contributed by atoms with Crippen molar-refractivity contribution < 1.29 is 68.2 Å². The second-order valence-electron chi connectivity index (χ2n) is 9.91. The van der Waals surface area contributed by atoms with Crippen molar-refractivity contribution in [2.24, 2.45) is 0 Å². The predicted octanol–water partition coefficient (Wildman–Crippen LogP) is 3.14. The van der Waals surface area contributed by atoms with Crippen LogP contribution in [0.2, 0.25) is 0 Å². The predicted molar refractivity (Wildman–Crippen MR) is 200 cm³/mol. The molecule has 0 aliphatic carbocycles. The number of aliphatic hydroxyl groups excluding tert-OH is 5. The quantitative estimate of drug-likeness (QED) is 0.0678. The standard InChI is InChI=1S/C10H22O3.C8H18O4.C8H10O2.C6H14O3.C5H12O2/c1-2-3-4-5-7-12-9-10-13-8-6-11;1-2-10-5-6-12-8-7-11-4-3-9;9-6-7-10-8-4-2-1-3-5-8;1-2-8-5-6-9-4-3-7;1-2-4-7-5-3-6/h11H,2-10H2,1H3;9H,2-8H2,1H3;1-5,9H,6-7H2;7H,2-6H2,1H3;6H,2-5H2,1H3. The fourth-order valence-corrected chi connectivity index (χ4v) is 3.09. The molecule has 1 aromatic carbocycles. The van der Waals surface area contributed by atoms with Crippen molar-refractivity contribution in [1.82, 2.24) is 0 Å². The van der Waals surface area contributed by atoms with E-state index in [-0.39, 0.29) is 33.0 Å². The van der Waals surface area contributed by atoms with Gasteiger partial charge in [-0.15, -0.1) is 0 Å². The molecule has 0 saturated carbocycles. The molecule has 0 fully saturated rings. The molecule has 5 N–H and O–H groups in total. The molecule has 0 amide bonds. The number of ether oxygens (including phenoxy) is 9. The van der Waals surface area contributed by atoms with E-state index in [2.05, 4.69) is 6.92 Å². The lowest BCUT2D eigenvalue weighted by Gasteiger charge is -2.04. The Morgan fingerprint density at radius 3 is 1.10 bits per heavy atom. The van der Waals surface area contributed by atoms with Crippen molar-refractivity contribution in [1.29, 1.82) is 0 Å². The summed E-state index contributed by atoms with van der Waals surface area (Å²) in [6.07, 6.45) is 5.99. The van der Waals surface area contributed by atoms with E-state index in [1.54, 1.807) is 0 Å². The summed E-state index contributed by atoms with van der Waals surface area (Å²) in [6.45, 7) is 18.5. The molecule has 1 aromatic rings. The van der Waals surface area contributed by atoms with Gasteiger partial charge in [0, 0.05) is 26.4 Å². The fraction of sp³-hybridized carbons (Fsp3) is 0.838. The first kappa shape index (κ1) is 56.2. The molecule has 308 valence electrons. The topological polar surface area (TPSA) is 184 Å². The van der Waals surface area contributed by atoms with E-state index in [1.165, 1.54) is 19.3 Å². The van der Waals surface area contributed by atoms with Crippen LogP contribution < -0.4 is 4.74 Å². The van der Waals surface area contributed by atoms with Crippen LogP contribution in [0.4, 0.5) is 0 Å². The first-order valence-electron chi connectivity index (χ1n) is 18.4. The molecular formula is C37H76O14. The minimum Gasteiger partial charge on any atom is -0.491 e. The van der Waals surface area contributed by atoms with Gasteiger partial charge in [0.2, 0.25) is 0 Å². The number of hydrogen-bond donors (Lipinski definition) is 5. The second-order valence-corrected chi connectivity index (χ2v) is 9.91. The minimum atomic E-state index is 0.0644. The van der Waals surface area contributed by atoms with Gasteiger partial charge in [-0.1, -0.05) is 51.3 Å². The summed E-state index contributed by atoms with van der Waals surface area (Å²) in [5.41, 5.74) is 0. The third kappa shape index (κ3) is 67.2. The van der Waals surface area contributed by atoms with Gasteiger partial charge < -0.3 is 68.2 Å². The van der Waals surface area contributed by atoms with Crippen molar-refractivity contribution in [3.05, 3.63) is 30.3 Å². The van der Waals surface area contributed by atoms with Gasteiger partial charge in [0.05, 0.1) is 112 Å². The number of hydrogen-bond acceptors (Lipinski definition) is 14. The van der Waals surface area contributed by atoms with Crippen LogP contribution in [0, 0.1) is 0 Å². The van der Waals surface area contributed by atoms with Crippen LogP contribution in [0.1, 0.15) is 59.8 Å². The molecule has 0 spiro atoms. The van der Waals surface area contributed by atoms with Crippen molar-refractivity contribution in [3.8, 4) is 5.75 Å². The molecule has 0 aliphatic rings. The van der Waals surface area contributed by atoms with Crippen LogP contribution in [0.15, 0.2) is 30.3 Å². The fourth-order valence-electron chi connectivity index (χ4n) is 3.09. The molecule has 0 unspecified atom stereocenters. The Bertz CT molecular complexity index is 617. The van der Waals surface area contributed by atoms with E-state index in [0.717, 1.165) is 45.0 Å². The summed E-state index contributed by atoms with van der Waals surface area (Å²) in [4.78, 5) is 0. The summed E-state index contributed by atoms with van der Waals surface area (Å²) in [5, 5.41) is 41.6. The molecule has 0 aromatic heterocycles. The normalized spacial score (nSPS) is 10.1. The number of benzene rings is 1. The number of unbranched alkanes of at least 4 members (excludes halogenated alkanes) is 3. The SMILES string of the molecule is CCCCCCOCCOCCO.CCCOCCO.CCOCCOCCO.CCOCCOCCOCCO.OCCOc1ccccc1. The van der Waals surface area contributed by atoms with Gasteiger partial charge in [0.1, 0.15) is 12.4 Å². The molecule has 1 rings (SSSR count). The highest BCUT2D eigenvalue weighted by Gasteiger charge is 1.91. The Hall–Kier alpha value is -1.50. The first-order valence-corrected chi connectivity index (χ1v) is 18.4. The molecule has 0 aliphatic heterocycles. The first-order chi connectivity index (χ1) is 25.1. The zero-order chi connectivity index (χ0) is 38.6. The third-order valence-corrected chi connectivity index (χ3v) is 5.43. The maximum Gasteiger partial charge on any atom is 0.119 e. The van der Waals surface area contributed by atoms with Crippen molar-refractivity contribution in [2.45, 2.75) is 59.8 Å². The van der Waals surface area contributed by atoms with Gasteiger partial charge >= 0.3 is 0 Å². The lowest BCUT2D eigenvalue weighted by Crippen LogP contribution is -2.10. The lowest BCUT2D eigenvalue weighted by molar-refractivity contribution is 0.00965. The Morgan fingerprint density at radius 1 is 0.353 bits per heavy atom. The van der Waals surface area contributed by atoms with Crippen LogP contribution in [-0.4, -0.2) is 171 Å². The van der Waals surface area contributed by atoms with Crippen molar-refractivity contribution >= 4 is 0 Å². The van der Waals surface area contributed by atoms with Gasteiger partial charge in [-0.05, 0) is 38.8 Å². The van der Waals surface area contributed by atoms with Gasteiger partial charge in [0.25, 0.3) is 0 Å². The Morgan fingerprint density at radius 2 is 0.725 bits per heavy atom. The zero-order valence-electron chi connectivity index (χ0n) is 32.4. The lowest BCUT2D eigenvalue weighted by atomic mass is 10.2. The van der Waals surface area contributed by atoms with Crippen LogP contribution in [-0.2, 0) is 37.9 Å². The Balaban J connectivity index is -0.000000275. The van der Waals surface area contributed by atoms with Gasteiger partial charge in [-0.2, -0.15) is 0 Å². The minimum absolute atomic E-state index is 0.0644. The van der Waals surface area contributed by atoms with Gasteiger partial charge in [-0.25, -0.2) is 0 Å². The van der Waals surface area contributed by atoms with E-state index in [9.17, 15) is 0 Å². The highest BCUT2D eigenvalue weighted by molar-refractivity contribution is 5.20. The summed E-state index contributed by atoms with van der Waals surface area (Å²) in [5.74, 6) is 0.802. The average Bonchev–Trinajstić information content (AvgIpc) is 3.16. The number of aliphatic hydroxyl groups is 5. The van der Waals surface area contributed by atoms with Crippen LogP contribution in [0.3, 0.4) is 0 Å². The largest absolute Gasteiger partial charge is 0.491 e. The number of para-hydroxylation sites is 1. The summed E-state index contributed by atoms with van der Waals surface area (Å²) < 4.78 is 45.4. The van der Waals surface area contributed by atoms with Crippen molar-refractivity contribution in [3.63, 3.8) is 0 Å². The summed E-state index contributed by atoms with van der Waals surface area (Å²) >= 11 is 0.